The predicted octanol–water partition coefficient (Wildman–Crippen LogP) is 3.55. The van der Waals surface area contributed by atoms with E-state index in [0.29, 0.717) is 11.1 Å². The van der Waals surface area contributed by atoms with E-state index in [1.165, 1.54) is 12.1 Å². The van der Waals surface area contributed by atoms with E-state index in [-0.39, 0.29) is 23.6 Å². The van der Waals surface area contributed by atoms with E-state index in [1.807, 2.05) is 0 Å². The Balaban J connectivity index is 1.58. The summed E-state index contributed by atoms with van der Waals surface area (Å²) in [7, 11) is 0. The molecule has 0 atom stereocenters. The number of fused-ring (bicyclic) bond motifs is 1. The van der Waals surface area contributed by atoms with E-state index in [2.05, 4.69) is 10.1 Å². The molecule has 0 unspecified atom stereocenters. The number of benzene rings is 1. The van der Waals surface area contributed by atoms with Crippen molar-refractivity contribution in [2.45, 2.75) is 12.7 Å². The second-order valence-electron chi connectivity index (χ2n) is 5.85. The molecule has 0 aliphatic carbocycles. The molecular formula is C18H10F3N3O3. The van der Waals surface area contributed by atoms with Crippen LogP contribution < -0.4 is 0 Å². The number of hydrogen-bond acceptors (Lipinski definition) is 5. The van der Waals surface area contributed by atoms with Gasteiger partial charge in [0, 0.05) is 17.8 Å². The Hall–Kier alpha value is -3.49. The first-order valence-corrected chi connectivity index (χ1v) is 7.79. The number of imide groups is 1. The van der Waals surface area contributed by atoms with Crippen molar-refractivity contribution < 1.29 is 27.3 Å². The van der Waals surface area contributed by atoms with Crippen LogP contribution in [0.3, 0.4) is 0 Å². The molecule has 0 radical (unpaired) electrons. The van der Waals surface area contributed by atoms with E-state index < -0.39 is 23.7 Å². The number of rotatable bonds is 3. The molecule has 27 heavy (non-hydrogen) atoms. The topological polar surface area (TPSA) is 76.3 Å². The van der Waals surface area contributed by atoms with Crippen molar-refractivity contribution in [1.29, 1.82) is 0 Å². The van der Waals surface area contributed by atoms with Crippen molar-refractivity contribution in [3.8, 4) is 11.3 Å². The van der Waals surface area contributed by atoms with Gasteiger partial charge in [-0.3, -0.25) is 19.5 Å². The summed E-state index contributed by atoms with van der Waals surface area (Å²) in [5.74, 6) is -0.751. The molecule has 3 heterocycles. The van der Waals surface area contributed by atoms with Crippen LogP contribution in [0.15, 0.2) is 53.2 Å². The van der Waals surface area contributed by atoms with Gasteiger partial charge in [-0.05, 0) is 24.3 Å². The van der Waals surface area contributed by atoms with Gasteiger partial charge in [-0.2, -0.15) is 13.2 Å². The van der Waals surface area contributed by atoms with Crippen molar-refractivity contribution in [2.75, 3.05) is 0 Å². The van der Waals surface area contributed by atoms with Gasteiger partial charge in [0.15, 0.2) is 5.76 Å². The third-order valence-electron chi connectivity index (χ3n) is 4.10. The van der Waals surface area contributed by atoms with Gasteiger partial charge in [0.2, 0.25) is 0 Å². The minimum Gasteiger partial charge on any atom is -0.359 e. The Morgan fingerprint density at radius 1 is 1.00 bits per heavy atom. The third kappa shape index (κ3) is 2.97. The molecule has 6 nitrogen and oxygen atoms in total. The highest BCUT2D eigenvalue weighted by Gasteiger charge is 2.36. The van der Waals surface area contributed by atoms with Gasteiger partial charge in [-0.1, -0.05) is 17.3 Å². The molecule has 4 rings (SSSR count). The van der Waals surface area contributed by atoms with Crippen LogP contribution in [0.1, 0.15) is 32.2 Å². The Morgan fingerprint density at radius 3 is 2.30 bits per heavy atom. The predicted molar refractivity (Wildman–Crippen MR) is 85.4 cm³/mol. The molecule has 1 aromatic carbocycles. The summed E-state index contributed by atoms with van der Waals surface area (Å²) >= 11 is 0. The Labute approximate surface area is 150 Å². The summed E-state index contributed by atoms with van der Waals surface area (Å²) in [6, 6.07) is 10.0. The molecule has 0 spiro atoms. The maximum absolute atomic E-state index is 12.8. The number of carbonyl (C=O) groups excluding carboxylic acids is 2. The molecule has 136 valence electrons. The van der Waals surface area contributed by atoms with E-state index in [9.17, 15) is 22.8 Å². The lowest BCUT2D eigenvalue weighted by atomic mass is 10.1. The summed E-state index contributed by atoms with van der Waals surface area (Å²) in [5.41, 5.74) is -0.147. The maximum atomic E-state index is 12.8. The first-order valence-electron chi connectivity index (χ1n) is 7.79. The van der Waals surface area contributed by atoms with Crippen LogP contribution in [0.25, 0.3) is 11.3 Å². The van der Waals surface area contributed by atoms with Gasteiger partial charge < -0.3 is 4.52 Å². The summed E-state index contributed by atoms with van der Waals surface area (Å²) in [5, 5.41) is 3.73. The molecule has 2 aromatic heterocycles. The molecule has 3 aromatic rings. The molecule has 0 fully saturated rings. The van der Waals surface area contributed by atoms with Crippen LogP contribution in [0.4, 0.5) is 13.2 Å². The minimum atomic E-state index is -4.58. The van der Waals surface area contributed by atoms with E-state index in [0.717, 1.165) is 17.2 Å². The van der Waals surface area contributed by atoms with Crippen LogP contribution in [0, 0.1) is 0 Å². The second kappa shape index (κ2) is 6.04. The number of pyridine rings is 1. The molecular weight excluding hydrogens is 363 g/mol. The SMILES string of the molecule is O=C1c2ccccc2C(=O)N1Cc1cc(-c2ccnc(C(F)(F)F)c2)no1. The first kappa shape index (κ1) is 17.0. The summed E-state index contributed by atoms with van der Waals surface area (Å²) < 4.78 is 43.5. The number of amides is 2. The molecule has 1 aliphatic rings. The van der Waals surface area contributed by atoms with Crippen molar-refractivity contribution >= 4 is 11.8 Å². The molecule has 0 N–H and O–H groups in total. The van der Waals surface area contributed by atoms with Crippen molar-refractivity contribution in [1.82, 2.24) is 15.0 Å². The average Bonchev–Trinajstić information content (AvgIpc) is 3.21. The Kier molecular flexibility index (Phi) is 3.79. The van der Waals surface area contributed by atoms with Crippen LogP contribution in [0.5, 0.6) is 0 Å². The molecule has 9 heteroatoms. The minimum absolute atomic E-state index is 0.148. The van der Waals surface area contributed by atoms with Gasteiger partial charge in [-0.25, -0.2) is 0 Å². The van der Waals surface area contributed by atoms with Gasteiger partial charge in [0.25, 0.3) is 11.8 Å². The van der Waals surface area contributed by atoms with Crippen LogP contribution in [-0.4, -0.2) is 26.9 Å². The number of aromatic nitrogens is 2. The zero-order valence-corrected chi connectivity index (χ0v) is 13.5. The normalized spacial score (nSPS) is 14.0. The Bertz CT molecular complexity index is 1020. The van der Waals surface area contributed by atoms with E-state index >= 15 is 0 Å². The fourth-order valence-corrected chi connectivity index (χ4v) is 2.81. The highest BCUT2D eigenvalue weighted by Crippen LogP contribution is 2.31. The monoisotopic (exact) mass is 373 g/mol. The molecule has 2 amide bonds. The highest BCUT2D eigenvalue weighted by molar-refractivity contribution is 6.21. The second-order valence-corrected chi connectivity index (χ2v) is 5.85. The summed E-state index contributed by atoms with van der Waals surface area (Å²) in [6.07, 6.45) is -3.56. The van der Waals surface area contributed by atoms with Crippen LogP contribution in [0.2, 0.25) is 0 Å². The molecule has 0 saturated carbocycles. The number of alkyl halides is 3. The maximum Gasteiger partial charge on any atom is 0.433 e. The first-order chi connectivity index (χ1) is 12.8. The number of carbonyl (C=O) groups is 2. The molecule has 0 saturated heterocycles. The fraction of sp³-hybridized carbons (Fsp3) is 0.111. The summed E-state index contributed by atoms with van der Waals surface area (Å²) in [4.78, 5) is 29.0. The summed E-state index contributed by atoms with van der Waals surface area (Å²) in [6.45, 7) is -0.170. The smallest absolute Gasteiger partial charge is 0.359 e. The zero-order valence-electron chi connectivity index (χ0n) is 13.5. The Morgan fingerprint density at radius 2 is 1.67 bits per heavy atom. The standard InChI is InChI=1S/C18H10F3N3O3/c19-18(20,21)15-7-10(5-6-22-15)14-8-11(27-23-14)9-24-16(25)12-3-1-2-4-13(12)17(24)26/h1-8H,9H2. The molecule has 0 bridgehead atoms. The van der Waals surface area contributed by atoms with Gasteiger partial charge >= 0.3 is 6.18 Å². The fourth-order valence-electron chi connectivity index (χ4n) is 2.81. The average molecular weight is 373 g/mol. The lowest BCUT2D eigenvalue weighted by Crippen LogP contribution is -2.28. The lowest BCUT2D eigenvalue weighted by molar-refractivity contribution is -0.141. The third-order valence-corrected chi connectivity index (χ3v) is 4.10. The van der Waals surface area contributed by atoms with Crippen molar-refractivity contribution in [3.05, 3.63) is 71.2 Å². The number of hydrogen-bond donors (Lipinski definition) is 0. The van der Waals surface area contributed by atoms with Crippen LogP contribution in [-0.2, 0) is 12.7 Å². The van der Waals surface area contributed by atoms with Gasteiger partial charge in [0.05, 0.1) is 17.7 Å². The van der Waals surface area contributed by atoms with E-state index in [4.69, 9.17) is 4.52 Å². The van der Waals surface area contributed by atoms with Crippen molar-refractivity contribution in [3.63, 3.8) is 0 Å². The quantitative estimate of drug-likeness (QED) is 0.657. The number of halogens is 3. The molecule has 1 aliphatic heterocycles. The largest absolute Gasteiger partial charge is 0.433 e. The van der Waals surface area contributed by atoms with Crippen molar-refractivity contribution in [2.24, 2.45) is 0 Å². The zero-order chi connectivity index (χ0) is 19.2. The number of nitrogens with zero attached hydrogens (tertiary/aromatic N) is 3. The van der Waals surface area contributed by atoms with Crippen LogP contribution >= 0.6 is 0 Å². The van der Waals surface area contributed by atoms with Gasteiger partial charge in [-0.15, -0.1) is 0 Å². The van der Waals surface area contributed by atoms with E-state index in [1.54, 1.807) is 24.3 Å². The van der Waals surface area contributed by atoms with Gasteiger partial charge in [0.1, 0.15) is 11.4 Å². The lowest BCUT2D eigenvalue weighted by Gasteiger charge is -2.10. The highest BCUT2D eigenvalue weighted by atomic mass is 19.4.